The zero-order chi connectivity index (χ0) is 17.1. The van der Waals surface area contributed by atoms with E-state index >= 15 is 0 Å². The summed E-state index contributed by atoms with van der Waals surface area (Å²) in [5, 5.41) is 10.4. The summed E-state index contributed by atoms with van der Waals surface area (Å²) in [6, 6.07) is 8.59. The van der Waals surface area contributed by atoms with E-state index in [4.69, 9.17) is 9.47 Å². The molecule has 5 heteroatoms. The molecule has 2 atom stereocenters. The number of para-hydroxylation sites is 2. The van der Waals surface area contributed by atoms with Gasteiger partial charge in [0.1, 0.15) is 0 Å². The molecule has 1 aromatic carbocycles. The Morgan fingerprint density at radius 3 is 2.60 bits per heavy atom. The van der Waals surface area contributed by atoms with E-state index < -0.39 is 6.10 Å². The highest BCUT2D eigenvalue weighted by molar-refractivity contribution is 5.73. The Hall–Kier alpha value is -1.30. The quantitative estimate of drug-likeness (QED) is 0.782. The second-order valence-corrected chi connectivity index (χ2v) is 7.65. The zero-order valence-electron chi connectivity index (χ0n) is 15.0. The molecule has 0 radical (unpaired) electrons. The maximum atomic E-state index is 10.4. The summed E-state index contributed by atoms with van der Waals surface area (Å²) in [7, 11) is 0. The molecule has 2 aliphatic heterocycles. The molecule has 3 aliphatic rings. The molecule has 5 nitrogen and oxygen atoms in total. The van der Waals surface area contributed by atoms with Gasteiger partial charge in [-0.1, -0.05) is 12.1 Å². The standard InChI is InChI=1S/C20H30N2O3/c23-17(14-24-15-18-4-3-11-25-18)13-22-10-9-21(12-16-7-8-16)19-5-1-2-6-20(19)22/h1-2,5-6,16-18,23H,3-4,7-15H2. The number of rotatable bonds is 8. The van der Waals surface area contributed by atoms with Crippen LogP contribution in [0.1, 0.15) is 25.7 Å². The van der Waals surface area contributed by atoms with Gasteiger partial charge in [0.15, 0.2) is 0 Å². The van der Waals surface area contributed by atoms with Crippen LogP contribution < -0.4 is 9.80 Å². The lowest BCUT2D eigenvalue weighted by Gasteiger charge is -2.39. The van der Waals surface area contributed by atoms with Gasteiger partial charge in [0.2, 0.25) is 0 Å². The molecule has 0 amide bonds. The van der Waals surface area contributed by atoms with Crippen LogP contribution in [0.15, 0.2) is 24.3 Å². The third-order valence-electron chi connectivity index (χ3n) is 5.45. The third kappa shape index (κ3) is 4.46. The third-order valence-corrected chi connectivity index (χ3v) is 5.45. The van der Waals surface area contributed by atoms with Crippen LogP contribution in [0.2, 0.25) is 0 Å². The minimum absolute atomic E-state index is 0.221. The molecule has 1 saturated heterocycles. The molecule has 2 heterocycles. The minimum atomic E-state index is -0.468. The van der Waals surface area contributed by atoms with Crippen molar-refractivity contribution in [2.45, 2.75) is 37.9 Å². The molecule has 2 unspecified atom stereocenters. The van der Waals surface area contributed by atoms with E-state index in [0.29, 0.717) is 19.8 Å². The van der Waals surface area contributed by atoms with E-state index in [2.05, 4.69) is 34.1 Å². The predicted octanol–water partition coefficient (Wildman–Crippen LogP) is 2.28. The van der Waals surface area contributed by atoms with Gasteiger partial charge in [0.05, 0.1) is 36.8 Å². The largest absolute Gasteiger partial charge is 0.389 e. The van der Waals surface area contributed by atoms with Gasteiger partial charge in [-0.3, -0.25) is 0 Å². The van der Waals surface area contributed by atoms with Crippen molar-refractivity contribution in [3.05, 3.63) is 24.3 Å². The minimum Gasteiger partial charge on any atom is -0.389 e. The number of β-amino-alcohol motifs (C(OH)–C–C–N with tert-alkyl or cyclic N) is 1. The molecule has 4 rings (SSSR count). The van der Waals surface area contributed by atoms with Crippen LogP contribution in [0.4, 0.5) is 11.4 Å². The Balaban J connectivity index is 1.30. The summed E-state index contributed by atoms with van der Waals surface area (Å²) in [5.41, 5.74) is 2.56. The number of anilines is 2. The molecule has 0 spiro atoms. The van der Waals surface area contributed by atoms with E-state index in [1.807, 2.05) is 0 Å². The topological polar surface area (TPSA) is 45.2 Å². The van der Waals surface area contributed by atoms with Crippen LogP contribution in [0.5, 0.6) is 0 Å². The van der Waals surface area contributed by atoms with E-state index in [9.17, 15) is 5.11 Å². The summed E-state index contributed by atoms with van der Waals surface area (Å²) in [6.45, 7) is 5.63. The van der Waals surface area contributed by atoms with Gasteiger partial charge >= 0.3 is 0 Å². The monoisotopic (exact) mass is 346 g/mol. The van der Waals surface area contributed by atoms with Gasteiger partial charge in [-0.2, -0.15) is 0 Å². The SMILES string of the molecule is OC(COCC1CCCO1)CN1CCN(CC2CC2)c2ccccc21. The van der Waals surface area contributed by atoms with Gasteiger partial charge < -0.3 is 24.4 Å². The van der Waals surface area contributed by atoms with Crippen molar-refractivity contribution in [2.75, 3.05) is 55.8 Å². The smallest absolute Gasteiger partial charge is 0.0948 e. The normalized spacial score (nSPS) is 24.4. The van der Waals surface area contributed by atoms with Crippen molar-refractivity contribution in [3.8, 4) is 0 Å². The number of aliphatic hydroxyl groups is 1. The highest BCUT2D eigenvalue weighted by Crippen LogP contribution is 2.37. The number of hydrogen-bond acceptors (Lipinski definition) is 5. The van der Waals surface area contributed by atoms with Gasteiger partial charge in [-0.15, -0.1) is 0 Å². The van der Waals surface area contributed by atoms with E-state index in [0.717, 1.165) is 38.5 Å². The Bertz CT molecular complexity index is 558. The Morgan fingerprint density at radius 1 is 1.12 bits per heavy atom. The molecule has 1 N–H and O–H groups in total. The van der Waals surface area contributed by atoms with Gasteiger partial charge in [0.25, 0.3) is 0 Å². The van der Waals surface area contributed by atoms with Crippen LogP contribution in [0.25, 0.3) is 0 Å². The van der Waals surface area contributed by atoms with Crippen molar-refractivity contribution < 1.29 is 14.6 Å². The molecule has 1 aliphatic carbocycles. The second-order valence-electron chi connectivity index (χ2n) is 7.65. The maximum absolute atomic E-state index is 10.4. The fourth-order valence-electron chi connectivity index (χ4n) is 3.89. The van der Waals surface area contributed by atoms with E-state index in [1.54, 1.807) is 0 Å². The molecule has 25 heavy (non-hydrogen) atoms. The average molecular weight is 346 g/mol. The lowest BCUT2D eigenvalue weighted by Crippen LogP contribution is -2.45. The van der Waals surface area contributed by atoms with Crippen molar-refractivity contribution in [2.24, 2.45) is 5.92 Å². The first-order valence-corrected chi connectivity index (χ1v) is 9.76. The highest BCUT2D eigenvalue weighted by Gasteiger charge is 2.29. The van der Waals surface area contributed by atoms with E-state index in [-0.39, 0.29) is 6.10 Å². The predicted molar refractivity (Wildman–Crippen MR) is 99.4 cm³/mol. The number of hydrogen-bond donors (Lipinski definition) is 1. The van der Waals surface area contributed by atoms with Crippen molar-refractivity contribution in [3.63, 3.8) is 0 Å². The molecule has 1 aromatic rings. The summed E-state index contributed by atoms with van der Waals surface area (Å²) in [6.07, 6.45) is 4.71. The van der Waals surface area contributed by atoms with Crippen LogP contribution in [-0.4, -0.2) is 63.3 Å². The van der Waals surface area contributed by atoms with Crippen LogP contribution in [0, 0.1) is 5.92 Å². The zero-order valence-corrected chi connectivity index (χ0v) is 15.0. The Morgan fingerprint density at radius 2 is 1.88 bits per heavy atom. The molecular weight excluding hydrogens is 316 g/mol. The number of aliphatic hydroxyl groups excluding tert-OH is 1. The van der Waals surface area contributed by atoms with Crippen LogP contribution in [-0.2, 0) is 9.47 Å². The summed E-state index contributed by atoms with van der Waals surface area (Å²) in [4.78, 5) is 4.82. The molecule has 0 aromatic heterocycles. The summed E-state index contributed by atoms with van der Waals surface area (Å²) >= 11 is 0. The van der Waals surface area contributed by atoms with Crippen molar-refractivity contribution in [1.82, 2.24) is 0 Å². The van der Waals surface area contributed by atoms with Gasteiger partial charge in [0, 0.05) is 32.8 Å². The molecule has 0 bridgehead atoms. The second kappa shape index (κ2) is 7.94. The Labute approximate surface area is 150 Å². The molecule has 1 saturated carbocycles. The first-order valence-electron chi connectivity index (χ1n) is 9.76. The fourth-order valence-corrected chi connectivity index (χ4v) is 3.89. The maximum Gasteiger partial charge on any atom is 0.0948 e. The van der Waals surface area contributed by atoms with Gasteiger partial charge in [-0.05, 0) is 43.7 Å². The van der Waals surface area contributed by atoms with Crippen LogP contribution in [0.3, 0.4) is 0 Å². The average Bonchev–Trinajstić information content (AvgIpc) is 3.29. The Kier molecular flexibility index (Phi) is 5.44. The lowest BCUT2D eigenvalue weighted by molar-refractivity contribution is -0.0149. The van der Waals surface area contributed by atoms with Gasteiger partial charge in [-0.25, -0.2) is 0 Å². The highest BCUT2D eigenvalue weighted by atomic mass is 16.5. The number of nitrogens with zero attached hydrogens (tertiary/aromatic N) is 2. The summed E-state index contributed by atoms with van der Waals surface area (Å²) in [5.74, 6) is 0.886. The number of benzene rings is 1. The molecule has 2 fully saturated rings. The molecule has 138 valence electrons. The van der Waals surface area contributed by atoms with E-state index in [1.165, 1.54) is 30.8 Å². The van der Waals surface area contributed by atoms with Crippen molar-refractivity contribution in [1.29, 1.82) is 0 Å². The first-order chi connectivity index (χ1) is 12.3. The first kappa shape index (κ1) is 17.1. The molecular formula is C20H30N2O3. The van der Waals surface area contributed by atoms with Crippen molar-refractivity contribution >= 4 is 11.4 Å². The van der Waals surface area contributed by atoms with Crippen LogP contribution >= 0.6 is 0 Å². The summed E-state index contributed by atoms with van der Waals surface area (Å²) < 4.78 is 11.2. The number of fused-ring (bicyclic) bond motifs is 1. The fraction of sp³-hybridized carbons (Fsp3) is 0.700. The lowest BCUT2D eigenvalue weighted by atomic mass is 10.1. The number of ether oxygens (including phenoxy) is 2.